The van der Waals surface area contributed by atoms with Crippen molar-refractivity contribution >= 4 is 39.2 Å². The number of aromatic nitrogens is 2. The van der Waals surface area contributed by atoms with E-state index in [9.17, 15) is 4.39 Å². The molecule has 0 radical (unpaired) electrons. The molecular formula is C13H14BrFN2S. The number of halogens is 2. The molecule has 0 bridgehead atoms. The first-order valence-electron chi connectivity index (χ1n) is 6.15. The molecule has 0 spiro atoms. The SMILES string of the molecule is CC1CCC(n2c(=S)[nH]c3cc(Br)c(F)cc32)C1. The fraction of sp³-hybridized carbons (Fsp3) is 0.462. The summed E-state index contributed by atoms with van der Waals surface area (Å²) < 4.78 is 16.9. The molecule has 2 unspecified atom stereocenters. The van der Waals surface area contributed by atoms with Gasteiger partial charge in [0.1, 0.15) is 5.82 Å². The molecule has 18 heavy (non-hydrogen) atoms. The maximum atomic E-state index is 13.7. The third-order valence-electron chi connectivity index (χ3n) is 3.79. The van der Waals surface area contributed by atoms with Gasteiger partial charge in [0, 0.05) is 12.1 Å². The van der Waals surface area contributed by atoms with Gasteiger partial charge in [0.05, 0.1) is 15.5 Å². The molecule has 1 aliphatic carbocycles. The van der Waals surface area contributed by atoms with Gasteiger partial charge in [-0.05, 0) is 59.4 Å². The summed E-state index contributed by atoms with van der Waals surface area (Å²) in [6, 6.07) is 3.73. The fourth-order valence-electron chi connectivity index (χ4n) is 2.89. The molecular weight excluding hydrogens is 315 g/mol. The van der Waals surface area contributed by atoms with Gasteiger partial charge in [-0.25, -0.2) is 4.39 Å². The average molecular weight is 329 g/mol. The van der Waals surface area contributed by atoms with Crippen molar-refractivity contribution in [3.05, 3.63) is 27.2 Å². The largest absolute Gasteiger partial charge is 0.331 e. The molecule has 3 rings (SSSR count). The van der Waals surface area contributed by atoms with Gasteiger partial charge in [0.2, 0.25) is 0 Å². The lowest BCUT2D eigenvalue weighted by molar-refractivity contribution is 0.499. The summed E-state index contributed by atoms with van der Waals surface area (Å²) in [7, 11) is 0. The molecule has 1 aliphatic rings. The van der Waals surface area contributed by atoms with E-state index in [0.29, 0.717) is 15.3 Å². The van der Waals surface area contributed by atoms with Crippen LogP contribution in [0.1, 0.15) is 32.2 Å². The molecule has 1 heterocycles. The highest BCUT2D eigenvalue weighted by molar-refractivity contribution is 9.10. The Balaban J connectivity index is 2.19. The molecule has 96 valence electrons. The number of fused-ring (bicyclic) bond motifs is 1. The van der Waals surface area contributed by atoms with Crippen molar-refractivity contribution in [3.8, 4) is 0 Å². The van der Waals surface area contributed by atoms with Gasteiger partial charge in [-0.2, -0.15) is 0 Å². The van der Waals surface area contributed by atoms with Gasteiger partial charge in [-0.1, -0.05) is 6.92 Å². The maximum absolute atomic E-state index is 13.7. The van der Waals surface area contributed by atoms with E-state index in [1.54, 1.807) is 12.1 Å². The van der Waals surface area contributed by atoms with Crippen LogP contribution in [0.25, 0.3) is 11.0 Å². The van der Waals surface area contributed by atoms with E-state index >= 15 is 0 Å². The highest BCUT2D eigenvalue weighted by Crippen LogP contribution is 2.37. The summed E-state index contributed by atoms with van der Waals surface area (Å²) >= 11 is 8.59. The van der Waals surface area contributed by atoms with Crippen LogP contribution >= 0.6 is 28.1 Å². The average Bonchev–Trinajstić information content (AvgIpc) is 2.83. The van der Waals surface area contributed by atoms with Crippen LogP contribution in [0.4, 0.5) is 4.39 Å². The Morgan fingerprint density at radius 2 is 2.22 bits per heavy atom. The summed E-state index contributed by atoms with van der Waals surface area (Å²) in [6.07, 6.45) is 3.47. The standard InChI is InChI=1S/C13H14BrFN2S/c1-7-2-3-8(4-7)17-12-6-10(15)9(14)5-11(12)16-13(17)18/h5-8H,2-4H2,1H3,(H,16,18). The Morgan fingerprint density at radius 3 is 2.89 bits per heavy atom. The number of imidazole rings is 1. The molecule has 1 saturated carbocycles. The van der Waals surface area contributed by atoms with Gasteiger partial charge in [0.15, 0.2) is 4.77 Å². The van der Waals surface area contributed by atoms with E-state index in [-0.39, 0.29) is 5.82 Å². The van der Waals surface area contributed by atoms with Crippen molar-refractivity contribution in [2.75, 3.05) is 0 Å². The Hall–Kier alpha value is -0.680. The van der Waals surface area contributed by atoms with Crippen LogP contribution in [0, 0.1) is 16.5 Å². The first-order chi connectivity index (χ1) is 8.56. The van der Waals surface area contributed by atoms with Crippen LogP contribution in [-0.4, -0.2) is 9.55 Å². The van der Waals surface area contributed by atoms with E-state index in [0.717, 1.165) is 29.8 Å². The smallest absolute Gasteiger partial charge is 0.178 e. The van der Waals surface area contributed by atoms with E-state index in [1.807, 2.05) is 0 Å². The zero-order valence-corrected chi connectivity index (χ0v) is 12.4. The van der Waals surface area contributed by atoms with Crippen LogP contribution in [-0.2, 0) is 0 Å². The topological polar surface area (TPSA) is 20.7 Å². The number of nitrogens with zero attached hydrogens (tertiary/aromatic N) is 1. The van der Waals surface area contributed by atoms with E-state index < -0.39 is 0 Å². The first kappa shape index (κ1) is 12.4. The quantitative estimate of drug-likeness (QED) is 0.733. The second-order valence-corrected chi connectivity index (χ2v) is 6.40. The zero-order valence-electron chi connectivity index (χ0n) is 10.0. The lowest BCUT2D eigenvalue weighted by atomic mass is 10.1. The Labute approximate surface area is 118 Å². The summed E-state index contributed by atoms with van der Waals surface area (Å²) in [5.74, 6) is 0.485. The van der Waals surface area contributed by atoms with E-state index in [4.69, 9.17) is 12.2 Å². The third-order valence-corrected chi connectivity index (χ3v) is 4.70. The molecule has 1 fully saturated rings. The Morgan fingerprint density at radius 1 is 1.44 bits per heavy atom. The van der Waals surface area contributed by atoms with Gasteiger partial charge in [0.25, 0.3) is 0 Å². The molecule has 0 aliphatic heterocycles. The van der Waals surface area contributed by atoms with Gasteiger partial charge >= 0.3 is 0 Å². The molecule has 2 aromatic rings. The van der Waals surface area contributed by atoms with Crippen molar-refractivity contribution in [2.45, 2.75) is 32.2 Å². The van der Waals surface area contributed by atoms with Crippen LogP contribution in [0.2, 0.25) is 0 Å². The molecule has 1 aromatic heterocycles. The van der Waals surface area contributed by atoms with Crippen LogP contribution in [0.3, 0.4) is 0 Å². The lowest BCUT2D eigenvalue weighted by Crippen LogP contribution is -2.05. The van der Waals surface area contributed by atoms with Crippen LogP contribution < -0.4 is 0 Å². The minimum absolute atomic E-state index is 0.240. The molecule has 5 heteroatoms. The fourth-order valence-corrected chi connectivity index (χ4v) is 3.60. The Kier molecular flexibility index (Phi) is 3.06. The summed E-state index contributed by atoms with van der Waals surface area (Å²) in [6.45, 7) is 2.26. The van der Waals surface area contributed by atoms with Crippen molar-refractivity contribution in [1.82, 2.24) is 9.55 Å². The monoisotopic (exact) mass is 328 g/mol. The van der Waals surface area contributed by atoms with Gasteiger partial charge in [-0.15, -0.1) is 0 Å². The molecule has 1 N–H and O–H groups in total. The second kappa shape index (κ2) is 4.46. The predicted octanol–water partition coefficient (Wildman–Crippen LogP) is 4.96. The Bertz CT molecular complexity index is 661. The number of rotatable bonds is 1. The van der Waals surface area contributed by atoms with Crippen LogP contribution in [0.15, 0.2) is 16.6 Å². The number of hydrogen-bond donors (Lipinski definition) is 1. The normalized spacial score (nSPS) is 23.9. The van der Waals surface area contributed by atoms with Crippen molar-refractivity contribution < 1.29 is 4.39 Å². The third kappa shape index (κ3) is 1.93. The van der Waals surface area contributed by atoms with Crippen molar-refractivity contribution in [1.29, 1.82) is 0 Å². The minimum atomic E-state index is -0.240. The zero-order chi connectivity index (χ0) is 12.9. The molecule has 0 saturated heterocycles. The maximum Gasteiger partial charge on any atom is 0.178 e. The number of hydrogen-bond acceptors (Lipinski definition) is 1. The minimum Gasteiger partial charge on any atom is -0.331 e. The van der Waals surface area contributed by atoms with Gasteiger partial charge in [-0.3, -0.25) is 0 Å². The summed E-state index contributed by atoms with van der Waals surface area (Å²) in [5.41, 5.74) is 1.77. The lowest BCUT2D eigenvalue weighted by Gasteiger charge is -2.13. The van der Waals surface area contributed by atoms with E-state index in [2.05, 4.69) is 32.4 Å². The van der Waals surface area contributed by atoms with Crippen LogP contribution in [0.5, 0.6) is 0 Å². The molecule has 2 atom stereocenters. The van der Waals surface area contributed by atoms with Gasteiger partial charge < -0.3 is 9.55 Å². The number of nitrogens with one attached hydrogen (secondary N) is 1. The van der Waals surface area contributed by atoms with E-state index in [1.165, 1.54) is 6.42 Å². The number of H-pyrrole nitrogens is 1. The van der Waals surface area contributed by atoms with Crippen molar-refractivity contribution in [3.63, 3.8) is 0 Å². The molecule has 2 nitrogen and oxygen atoms in total. The second-order valence-electron chi connectivity index (χ2n) is 5.16. The first-order valence-corrected chi connectivity index (χ1v) is 7.35. The predicted molar refractivity (Wildman–Crippen MR) is 76.8 cm³/mol. The summed E-state index contributed by atoms with van der Waals surface area (Å²) in [5, 5.41) is 0. The van der Waals surface area contributed by atoms with Crippen molar-refractivity contribution in [2.24, 2.45) is 5.92 Å². The highest BCUT2D eigenvalue weighted by Gasteiger charge is 2.25. The molecule has 0 amide bonds. The number of benzene rings is 1. The highest BCUT2D eigenvalue weighted by atomic mass is 79.9. The number of aromatic amines is 1. The summed E-state index contributed by atoms with van der Waals surface area (Å²) in [4.78, 5) is 3.17. The molecule has 1 aromatic carbocycles.